The molecule has 0 aromatic carbocycles. The van der Waals surface area contributed by atoms with Crippen LogP contribution < -0.4 is 0 Å². The molecule has 0 radical (unpaired) electrons. The van der Waals surface area contributed by atoms with E-state index in [2.05, 4.69) is 4.90 Å². The quantitative estimate of drug-likeness (QED) is 0.616. The Morgan fingerprint density at radius 3 is 2.82 bits per heavy atom. The number of rotatable bonds is 2. The number of likely N-dealkylation sites (tertiary alicyclic amines) is 1. The van der Waals surface area contributed by atoms with Crippen molar-refractivity contribution in [3.8, 4) is 0 Å². The van der Waals surface area contributed by atoms with Gasteiger partial charge in [0.15, 0.2) is 0 Å². The maximum atomic E-state index is 5.64. The molecule has 2 nitrogen and oxygen atoms in total. The molecular formula is C7H13Cl2NO. The van der Waals surface area contributed by atoms with Gasteiger partial charge in [-0.3, -0.25) is 4.90 Å². The summed E-state index contributed by atoms with van der Waals surface area (Å²) in [4.78, 5) is 2.43. The molecule has 4 heteroatoms. The third-order valence-corrected chi connectivity index (χ3v) is 2.55. The number of ether oxygens (including phenoxy) is 1. The summed E-state index contributed by atoms with van der Waals surface area (Å²) in [6.45, 7) is 3.07. The summed E-state index contributed by atoms with van der Waals surface area (Å²) in [5, 5.41) is 0. The Balaban J connectivity index is 0.000000605. The molecule has 0 amide bonds. The largest absolute Gasteiger partial charge is 0.375 e. The smallest absolute Gasteiger partial charge is 0.0718 e. The van der Waals surface area contributed by atoms with Crippen LogP contribution in [-0.4, -0.2) is 42.6 Å². The lowest BCUT2D eigenvalue weighted by molar-refractivity contribution is 0.0333. The lowest BCUT2D eigenvalue weighted by atomic mass is 10.2. The Hall–Kier alpha value is 0.500. The molecular weight excluding hydrogens is 185 g/mol. The van der Waals surface area contributed by atoms with Crippen LogP contribution in [0.3, 0.4) is 0 Å². The summed E-state index contributed by atoms with van der Waals surface area (Å²) < 4.78 is 5.44. The molecule has 0 N–H and O–H groups in total. The number of fused-ring (bicyclic) bond motifs is 2. The molecule has 2 aliphatic rings. The van der Waals surface area contributed by atoms with Gasteiger partial charge in [-0.15, -0.1) is 24.0 Å². The minimum absolute atomic E-state index is 0. The second-order valence-corrected chi connectivity index (χ2v) is 3.41. The third-order valence-electron chi connectivity index (χ3n) is 2.39. The Morgan fingerprint density at radius 2 is 2.36 bits per heavy atom. The highest BCUT2D eigenvalue weighted by molar-refractivity contribution is 6.18. The van der Waals surface area contributed by atoms with E-state index in [4.69, 9.17) is 16.3 Å². The normalized spacial score (nSPS) is 35.7. The number of halogens is 2. The van der Waals surface area contributed by atoms with Crippen molar-refractivity contribution in [1.82, 2.24) is 4.90 Å². The number of hydrogen-bond donors (Lipinski definition) is 0. The molecule has 2 heterocycles. The number of hydrogen-bond acceptors (Lipinski definition) is 2. The van der Waals surface area contributed by atoms with Gasteiger partial charge in [0.25, 0.3) is 0 Å². The van der Waals surface area contributed by atoms with E-state index >= 15 is 0 Å². The summed E-state index contributed by atoms with van der Waals surface area (Å²) in [6, 6.07) is 0.684. The van der Waals surface area contributed by atoms with Crippen LogP contribution in [0.15, 0.2) is 0 Å². The van der Waals surface area contributed by atoms with E-state index in [1.165, 1.54) is 6.42 Å². The highest BCUT2D eigenvalue weighted by Crippen LogP contribution is 2.26. The van der Waals surface area contributed by atoms with Crippen LogP contribution in [0.5, 0.6) is 0 Å². The molecule has 0 saturated carbocycles. The maximum Gasteiger partial charge on any atom is 0.0718 e. The van der Waals surface area contributed by atoms with Crippen molar-refractivity contribution in [2.24, 2.45) is 0 Å². The fraction of sp³-hybridized carbons (Fsp3) is 1.00. The molecule has 0 aliphatic carbocycles. The van der Waals surface area contributed by atoms with E-state index in [0.717, 1.165) is 25.6 Å². The van der Waals surface area contributed by atoms with Crippen molar-refractivity contribution in [3.05, 3.63) is 0 Å². The van der Waals surface area contributed by atoms with Gasteiger partial charge in [0.05, 0.1) is 12.7 Å². The molecule has 2 bridgehead atoms. The van der Waals surface area contributed by atoms with Crippen molar-refractivity contribution in [2.75, 3.05) is 25.6 Å². The molecule has 2 rings (SSSR count). The van der Waals surface area contributed by atoms with Crippen LogP contribution in [0.4, 0.5) is 0 Å². The molecule has 0 unspecified atom stereocenters. The highest BCUT2D eigenvalue weighted by atomic mass is 35.5. The molecule has 11 heavy (non-hydrogen) atoms. The predicted molar refractivity (Wildman–Crippen MR) is 47.7 cm³/mol. The van der Waals surface area contributed by atoms with Crippen LogP contribution in [-0.2, 0) is 4.74 Å². The lowest BCUT2D eigenvalue weighted by Crippen LogP contribution is -2.38. The Kier molecular flexibility index (Phi) is 3.44. The van der Waals surface area contributed by atoms with Gasteiger partial charge < -0.3 is 4.74 Å². The monoisotopic (exact) mass is 197 g/mol. The number of alkyl halides is 1. The van der Waals surface area contributed by atoms with Gasteiger partial charge >= 0.3 is 0 Å². The van der Waals surface area contributed by atoms with E-state index in [9.17, 15) is 0 Å². The first-order chi connectivity index (χ1) is 4.90. The minimum atomic E-state index is 0. The van der Waals surface area contributed by atoms with E-state index in [-0.39, 0.29) is 12.4 Å². The fourth-order valence-electron chi connectivity index (χ4n) is 1.86. The van der Waals surface area contributed by atoms with Gasteiger partial charge in [0, 0.05) is 25.0 Å². The van der Waals surface area contributed by atoms with Crippen molar-refractivity contribution in [2.45, 2.75) is 18.6 Å². The standard InChI is InChI=1S/C7H12ClNO.ClH/c8-1-2-9-4-7-3-6(9)5-10-7;/h6-7H,1-5H2;1H/t6-,7-;/m1./s1. The second kappa shape index (κ2) is 3.94. The Labute approximate surface area is 78.2 Å². The van der Waals surface area contributed by atoms with Gasteiger partial charge in [0.2, 0.25) is 0 Å². The third kappa shape index (κ3) is 1.81. The average molecular weight is 198 g/mol. The Bertz CT molecular complexity index is 134. The number of nitrogens with zero attached hydrogens (tertiary/aromatic N) is 1. The zero-order valence-electron chi connectivity index (χ0n) is 6.33. The van der Waals surface area contributed by atoms with Crippen LogP contribution >= 0.6 is 24.0 Å². The van der Waals surface area contributed by atoms with Gasteiger partial charge in [-0.05, 0) is 6.42 Å². The predicted octanol–water partition coefficient (Wildman–Crippen LogP) is 1.12. The van der Waals surface area contributed by atoms with Crippen LogP contribution in [0, 0.1) is 0 Å². The van der Waals surface area contributed by atoms with Crippen LogP contribution in [0.2, 0.25) is 0 Å². The van der Waals surface area contributed by atoms with Crippen LogP contribution in [0.1, 0.15) is 6.42 Å². The van der Waals surface area contributed by atoms with Crippen molar-refractivity contribution in [1.29, 1.82) is 0 Å². The zero-order valence-corrected chi connectivity index (χ0v) is 7.90. The van der Waals surface area contributed by atoms with Gasteiger partial charge in [-0.1, -0.05) is 0 Å². The van der Waals surface area contributed by atoms with Crippen LogP contribution in [0.25, 0.3) is 0 Å². The average Bonchev–Trinajstić information content (AvgIpc) is 2.48. The number of morpholine rings is 1. The molecule has 0 aromatic rings. The van der Waals surface area contributed by atoms with Crippen molar-refractivity contribution < 1.29 is 4.74 Å². The summed E-state index contributed by atoms with van der Waals surface area (Å²) in [7, 11) is 0. The fourth-order valence-corrected chi connectivity index (χ4v) is 2.08. The topological polar surface area (TPSA) is 12.5 Å². The molecule has 2 aliphatic heterocycles. The molecule has 66 valence electrons. The van der Waals surface area contributed by atoms with Gasteiger partial charge in [0.1, 0.15) is 0 Å². The zero-order chi connectivity index (χ0) is 6.97. The molecule has 2 saturated heterocycles. The highest BCUT2D eigenvalue weighted by Gasteiger charge is 2.38. The summed E-state index contributed by atoms with van der Waals surface area (Å²) >= 11 is 5.64. The Morgan fingerprint density at radius 1 is 1.55 bits per heavy atom. The SMILES string of the molecule is Cl.ClCCN1C[C@H]2C[C@@H]1CO2. The first-order valence-electron chi connectivity index (χ1n) is 3.82. The molecule has 2 fully saturated rings. The van der Waals surface area contributed by atoms with E-state index in [1.807, 2.05) is 0 Å². The van der Waals surface area contributed by atoms with Gasteiger partial charge in [-0.25, -0.2) is 0 Å². The first-order valence-corrected chi connectivity index (χ1v) is 4.35. The van der Waals surface area contributed by atoms with Gasteiger partial charge in [-0.2, -0.15) is 0 Å². The van der Waals surface area contributed by atoms with E-state index < -0.39 is 0 Å². The molecule has 0 aromatic heterocycles. The van der Waals surface area contributed by atoms with Crippen molar-refractivity contribution in [3.63, 3.8) is 0 Å². The summed E-state index contributed by atoms with van der Waals surface area (Å²) in [5.41, 5.74) is 0. The summed E-state index contributed by atoms with van der Waals surface area (Å²) in [6.07, 6.45) is 1.75. The maximum absolute atomic E-state index is 5.64. The minimum Gasteiger partial charge on any atom is -0.375 e. The van der Waals surface area contributed by atoms with E-state index in [0.29, 0.717) is 12.1 Å². The second-order valence-electron chi connectivity index (χ2n) is 3.03. The first kappa shape index (κ1) is 9.59. The van der Waals surface area contributed by atoms with E-state index in [1.54, 1.807) is 0 Å². The molecule has 2 atom stereocenters. The molecule has 0 spiro atoms. The van der Waals surface area contributed by atoms with Crippen molar-refractivity contribution >= 4 is 24.0 Å². The lowest BCUT2D eigenvalue weighted by Gasteiger charge is -2.25. The summed E-state index contributed by atoms with van der Waals surface area (Å²) in [5.74, 6) is 0.753.